The molecule has 5 heteroatoms. The molecule has 1 heterocycles. The first-order valence-corrected chi connectivity index (χ1v) is 7.80. The number of amides is 1. The van der Waals surface area contributed by atoms with Gasteiger partial charge in [0.15, 0.2) is 0 Å². The predicted octanol–water partition coefficient (Wildman–Crippen LogP) is 3.05. The molecule has 0 saturated heterocycles. The number of hydrogen-bond donors (Lipinski definition) is 2. The number of carbonyl (C=O) groups is 1. The monoisotopic (exact) mass is 320 g/mol. The van der Waals surface area contributed by atoms with Crippen LogP contribution < -0.4 is 10.7 Å². The first-order valence-electron chi connectivity index (χ1n) is 7.80. The third-order valence-corrected chi connectivity index (χ3v) is 3.83. The molecule has 0 saturated carbocycles. The summed E-state index contributed by atoms with van der Waals surface area (Å²) in [6, 6.07) is 16.0. The van der Waals surface area contributed by atoms with Crippen LogP contribution in [0.5, 0.6) is 0 Å². The van der Waals surface area contributed by atoms with Crippen LogP contribution in [0.4, 0.5) is 5.69 Å². The summed E-state index contributed by atoms with van der Waals surface area (Å²) in [6.45, 7) is 2.20. The number of aromatic nitrogens is 1. The number of aryl methyl sites for hydroxylation is 2. The van der Waals surface area contributed by atoms with E-state index < -0.39 is 0 Å². The number of nitrogens with zero attached hydrogens (tertiary/aromatic N) is 2. The van der Waals surface area contributed by atoms with Crippen LogP contribution in [0.15, 0.2) is 59.8 Å². The number of hydrogen-bond acceptors (Lipinski definition) is 3. The van der Waals surface area contributed by atoms with Crippen molar-refractivity contribution in [2.75, 3.05) is 11.9 Å². The van der Waals surface area contributed by atoms with E-state index in [2.05, 4.69) is 21.9 Å². The molecule has 0 radical (unpaired) electrons. The Morgan fingerprint density at radius 3 is 2.71 bits per heavy atom. The summed E-state index contributed by atoms with van der Waals surface area (Å²) < 4.78 is 2.04. The lowest BCUT2D eigenvalue weighted by Crippen LogP contribution is -2.25. The SMILES string of the molecule is Cc1ccc(NCC(=O)N/N=C\c2cn(C)c3ccccc23)cc1. The van der Waals surface area contributed by atoms with Crippen molar-refractivity contribution < 1.29 is 4.79 Å². The van der Waals surface area contributed by atoms with Crippen LogP contribution in [-0.4, -0.2) is 23.2 Å². The van der Waals surface area contributed by atoms with Gasteiger partial charge in [0.25, 0.3) is 5.91 Å². The molecule has 1 amide bonds. The van der Waals surface area contributed by atoms with E-state index in [0.717, 1.165) is 22.2 Å². The van der Waals surface area contributed by atoms with Gasteiger partial charge in [-0.2, -0.15) is 5.10 Å². The molecule has 3 aromatic rings. The minimum absolute atomic E-state index is 0.177. The Morgan fingerprint density at radius 2 is 1.92 bits per heavy atom. The van der Waals surface area contributed by atoms with Gasteiger partial charge in [0.05, 0.1) is 12.8 Å². The summed E-state index contributed by atoms with van der Waals surface area (Å²) in [6.07, 6.45) is 3.66. The second-order valence-electron chi connectivity index (χ2n) is 5.73. The van der Waals surface area contributed by atoms with Gasteiger partial charge in [0.2, 0.25) is 0 Å². The molecule has 24 heavy (non-hydrogen) atoms. The lowest BCUT2D eigenvalue weighted by Gasteiger charge is -2.05. The molecule has 0 aliphatic rings. The Balaban J connectivity index is 1.57. The van der Waals surface area contributed by atoms with Gasteiger partial charge in [-0.05, 0) is 25.1 Å². The molecule has 2 N–H and O–H groups in total. The van der Waals surface area contributed by atoms with Crippen molar-refractivity contribution in [3.8, 4) is 0 Å². The highest BCUT2D eigenvalue weighted by atomic mass is 16.2. The number of hydrazone groups is 1. The fraction of sp³-hybridized carbons (Fsp3) is 0.158. The number of anilines is 1. The number of carbonyl (C=O) groups excluding carboxylic acids is 1. The third kappa shape index (κ3) is 3.63. The van der Waals surface area contributed by atoms with Crippen molar-refractivity contribution in [3.63, 3.8) is 0 Å². The molecule has 0 aliphatic carbocycles. The van der Waals surface area contributed by atoms with Crippen molar-refractivity contribution in [2.45, 2.75) is 6.92 Å². The first kappa shape index (κ1) is 15.8. The van der Waals surface area contributed by atoms with E-state index in [9.17, 15) is 4.79 Å². The lowest BCUT2D eigenvalue weighted by atomic mass is 10.2. The van der Waals surface area contributed by atoms with Crippen LogP contribution in [0.2, 0.25) is 0 Å². The molecule has 122 valence electrons. The summed E-state index contributed by atoms with van der Waals surface area (Å²) >= 11 is 0. The minimum Gasteiger partial charge on any atom is -0.376 e. The second kappa shape index (κ2) is 7.00. The zero-order chi connectivity index (χ0) is 16.9. The Labute approximate surface area is 141 Å². The predicted molar refractivity (Wildman–Crippen MR) is 98.3 cm³/mol. The Kier molecular flexibility index (Phi) is 4.61. The molecule has 0 unspecified atom stereocenters. The molecular formula is C19H20N4O. The number of para-hydroxylation sites is 1. The number of fused-ring (bicyclic) bond motifs is 1. The Morgan fingerprint density at radius 1 is 1.17 bits per heavy atom. The Bertz CT molecular complexity index is 878. The smallest absolute Gasteiger partial charge is 0.259 e. The number of rotatable bonds is 5. The molecule has 2 aromatic carbocycles. The molecule has 3 rings (SSSR count). The zero-order valence-electron chi connectivity index (χ0n) is 13.8. The largest absolute Gasteiger partial charge is 0.376 e. The summed E-state index contributed by atoms with van der Waals surface area (Å²) in [7, 11) is 1.99. The quantitative estimate of drug-likeness (QED) is 0.561. The van der Waals surface area contributed by atoms with Crippen molar-refractivity contribution in [1.82, 2.24) is 9.99 Å². The molecule has 0 bridgehead atoms. The van der Waals surface area contributed by atoms with Crippen LogP contribution >= 0.6 is 0 Å². The van der Waals surface area contributed by atoms with Crippen LogP contribution in [0.25, 0.3) is 10.9 Å². The average Bonchev–Trinajstić information content (AvgIpc) is 2.91. The van der Waals surface area contributed by atoms with Crippen LogP contribution in [0.1, 0.15) is 11.1 Å². The van der Waals surface area contributed by atoms with Gasteiger partial charge in [-0.15, -0.1) is 0 Å². The van der Waals surface area contributed by atoms with Gasteiger partial charge < -0.3 is 9.88 Å². The lowest BCUT2D eigenvalue weighted by molar-refractivity contribution is -0.119. The summed E-state index contributed by atoms with van der Waals surface area (Å²) in [5.41, 5.74) is 6.74. The van der Waals surface area contributed by atoms with E-state index in [1.165, 1.54) is 5.56 Å². The van der Waals surface area contributed by atoms with Gasteiger partial charge in [-0.3, -0.25) is 4.79 Å². The second-order valence-corrected chi connectivity index (χ2v) is 5.73. The molecular weight excluding hydrogens is 300 g/mol. The van der Waals surface area contributed by atoms with Crippen molar-refractivity contribution in [2.24, 2.45) is 12.1 Å². The Hall–Kier alpha value is -3.08. The van der Waals surface area contributed by atoms with Gasteiger partial charge in [-0.25, -0.2) is 5.43 Å². The van der Waals surface area contributed by atoms with E-state index >= 15 is 0 Å². The van der Waals surface area contributed by atoms with E-state index in [-0.39, 0.29) is 12.5 Å². The molecule has 5 nitrogen and oxygen atoms in total. The maximum atomic E-state index is 11.8. The zero-order valence-corrected chi connectivity index (χ0v) is 13.8. The highest BCUT2D eigenvalue weighted by Crippen LogP contribution is 2.18. The fourth-order valence-electron chi connectivity index (χ4n) is 2.54. The van der Waals surface area contributed by atoms with Crippen molar-refractivity contribution in [3.05, 3.63) is 65.9 Å². The highest BCUT2D eigenvalue weighted by Gasteiger charge is 2.04. The van der Waals surface area contributed by atoms with Crippen LogP contribution in [-0.2, 0) is 11.8 Å². The highest BCUT2D eigenvalue weighted by molar-refractivity contribution is 5.99. The van der Waals surface area contributed by atoms with Gasteiger partial charge >= 0.3 is 0 Å². The van der Waals surface area contributed by atoms with Crippen LogP contribution in [0, 0.1) is 6.92 Å². The van der Waals surface area contributed by atoms with Crippen molar-refractivity contribution in [1.29, 1.82) is 0 Å². The van der Waals surface area contributed by atoms with Crippen molar-refractivity contribution >= 4 is 28.7 Å². The molecule has 0 spiro atoms. The summed E-state index contributed by atoms with van der Waals surface area (Å²) in [5, 5.41) is 8.22. The van der Waals surface area contributed by atoms with Gasteiger partial charge in [0.1, 0.15) is 0 Å². The van der Waals surface area contributed by atoms with E-state index in [0.29, 0.717) is 0 Å². The topological polar surface area (TPSA) is 58.4 Å². The first-order chi connectivity index (χ1) is 11.6. The standard InChI is InChI=1S/C19H20N4O/c1-14-7-9-16(10-8-14)20-12-19(24)22-21-11-15-13-23(2)18-6-4-3-5-17(15)18/h3-11,13,20H,12H2,1-2H3,(H,22,24)/b21-11-. The molecule has 0 fully saturated rings. The normalized spacial score (nSPS) is 11.1. The maximum Gasteiger partial charge on any atom is 0.259 e. The van der Waals surface area contributed by atoms with E-state index in [1.54, 1.807) is 6.21 Å². The summed E-state index contributed by atoms with van der Waals surface area (Å²) in [4.78, 5) is 11.8. The minimum atomic E-state index is -0.188. The number of nitrogens with one attached hydrogen (secondary N) is 2. The summed E-state index contributed by atoms with van der Waals surface area (Å²) in [5.74, 6) is -0.188. The maximum absolute atomic E-state index is 11.8. The molecule has 0 aliphatic heterocycles. The van der Waals surface area contributed by atoms with E-state index in [4.69, 9.17) is 0 Å². The average molecular weight is 320 g/mol. The van der Waals surface area contributed by atoms with Crippen LogP contribution in [0.3, 0.4) is 0 Å². The molecule has 1 aromatic heterocycles. The third-order valence-electron chi connectivity index (χ3n) is 3.83. The van der Waals surface area contributed by atoms with Gasteiger partial charge in [-0.1, -0.05) is 35.9 Å². The van der Waals surface area contributed by atoms with Gasteiger partial charge in [0, 0.05) is 35.4 Å². The fourth-order valence-corrected chi connectivity index (χ4v) is 2.54. The van der Waals surface area contributed by atoms with E-state index in [1.807, 2.05) is 67.2 Å². The number of benzene rings is 2. The molecule has 0 atom stereocenters.